The number of halogens is 2. The summed E-state index contributed by atoms with van der Waals surface area (Å²) in [4.78, 5) is 19.7. The molecule has 3 rings (SSSR count). The molecule has 2 aromatic carbocycles. The molecule has 0 saturated heterocycles. The number of nitrogens with two attached hydrogens (primary N) is 1. The van der Waals surface area contributed by atoms with E-state index < -0.39 is 11.7 Å². The molecule has 0 aliphatic carbocycles. The molecule has 24 heavy (non-hydrogen) atoms. The highest BCUT2D eigenvalue weighted by molar-refractivity contribution is 6.31. The minimum atomic E-state index is -0.764. The number of aromatic nitrogens is 2. The second-order valence-electron chi connectivity index (χ2n) is 4.90. The summed E-state index contributed by atoms with van der Waals surface area (Å²) in [5, 5.41) is 3.60. The average Bonchev–Trinajstić information content (AvgIpc) is 2.57. The first-order chi connectivity index (χ1) is 11.5. The Morgan fingerprint density at radius 1 is 1.25 bits per heavy atom. The van der Waals surface area contributed by atoms with Gasteiger partial charge in [0.15, 0.2) is 0 Å². The van der Waals surface area contributed by atoms with Gasteiger partial charge >= 0.3 is 0 Å². The third kappa shape index (κ3) is 3.07. The first kappa shape index (κ1) is 15.9. The number of nitrogens with one attached hydrogen (secondary N) is 1. The van der Waals surface area contributed by atoms with Crippen molar-refractivity contribution in [2.24, 2.45) is 5.73 Å². The van der Waals surface area contributed by atoms with Crippen LogP contribution in [0.5, 0.6) is 5.75 Å². The van der Waals surface area contributed by atoms with E-state index in [1.54, 1.807) is 18.2 Å². The maximum Gasteiger partial charge on any atom is 0.286 e. The number of anilines is 2. The molecule has 1 aromatic heterocycles. The first-order valence-corrected chi connectivity index (χ1v) is 7.23. The third-order valence-corrected chi connectivity index (χ3v) is 3.60. The minimum absolute atomic E-state index is 0.0323. The number of rotatable bonds is 4. The van der Waals surface area contributed by atoms with Crippen molar-refractivity contribution in [3.8, 4) is 5.75 Å². The second-order valence-corrected chi connectivity index (χ2v) is 5.30. The number of hydrogen-bond acceptors (Lipinski definition) is 5. The van der Waals surface area contributed by atoms with E-state index >= 15 is 0 Å². The predicted molar refractivity (Wildman–Crippen MR) is 89.3 cm³/mol. The average molecular weight is 347 g/mol. The lowest BCUT2D eigenvalue weighted by molar-refractivity contribution is 0.0991. The number of benzene rings is 2. The van der Waals surface area contributed by atoms with E-state index in [0.717, 1.165) is 0 Å². The number of amides is 1. The molecule has 0 radical (unpaired) electrons. The van der Waals surface area contributed by atoms with Crippen molar-refractivity contribution >= 4 is 39.9 Å². The molecule has 0 spiro atoms. The molecule has 0 fully saturated rings. The summed E-state index contributed by atoms with van der Waals surface area (Å²) in [6.07, 6.45) is 0. The SMILES string of the molecule is COc1ccc2c(Nc3ccc(F)c(Cl)c3)nc(C(N)=O)nc2c1. The minimum Gasteiger partial charge on any atom is -0.497 e. The van der Waals surface area contributed by atoms with Gasteiger partial charge in [0.05, 0.1) is 17.6 Å². The number of carbonyl (C=O) groups excluding carboxylic acids is 1. The highest BCUT2D eigenvalue weighted by Crippen LogP contribution is 2.28. The monoisotopic (exact) mass is 346 g/mol. The fourth-order valence-electron chi connectivity index (χ4n) is 2.15. The maximum atomic E-state index is 13.3. The Morgan fingerprint density at radius 3 is 2.71 bits per heavy atom. The normalized spacial score (nSPS) is 10.6. The summed E-state index contributed by atoms with van der Waals surface area (Å²) in [6, 6.07) is 9.28. The van der Waals surface area contributed by atoms with Crippen LogP contribution in [0, 0.1) is 5.82 Å². The summed E-state index contributed by atoms with van der Waals surface area (Å²) >= 11 is 5.78. The molecule has 0 bridgehead atoms. The number of fused-ring (bicyclic) bond motifs is 1. The van der Waals surface area contributed by atoms with Crippen LogP contribution < -0.4 is 15.8 Å². The number of ether oxygens (including phenoxy) is 1. The lowest BCUT2D eigenvalue weighted by Gasteiger charge is -2.11. The number of hydrogen-bond donors (Lipinski definition) is 2. The molecule has 3 aromatic rings. The van der Waals surface area contributed by atoms with Crippen molar-refractivity contribution in [2.75, 3.05) is 12.4 Å². The summed E-state index contributed by atoms with van der Waals surface area (Å²) in [7, 11) is 1.52. The second kappa shape index (κ2) is 6.29. The molecule has 0 saturated carbocycles. The molecule has 1 amide bonds. The van der Waals surface area contributed by atoms with Gasteiger partial charge in [0.1, 0.15) is 17.4 Å². The lowest BCUT2D eigenvalue weighted by Crippen LogP contribution is -2.16. The van der Waals surface area contributed by atoms with Crippen LogP contribution in [0.3, 0.4) is 0 Å². The van der Waals surface area contributed by atoms with E-state index in [1.807, 2.05) is 0 Å². The quantitative estimate of drug-likeness (QED) is 0.756. The number of primary amides is 1. The molecule has 6 nitrogen and oxygen atoms in total. The van der Waals surface area contributed by atoms with Crippen LogP contribution in [0.2, 0.25) is 5.02 Å². The van der Waals surface area contributed by atoms with Crippen LogP contribution in [0.25, 0.3) is 10.9 Å². The molecule has 3 N–H and O–H groups in total. The lowest BCUT2D eigenvalue weighted by atomic mass is 10.2. The Bertz CT molecular complexity index is 949. The molecular formula is C16H12ClFN4O2. The van der Waals surface area contributed by atoms with Gasteiger partial charge in [-0.15, -0.1) is 0 Å². The summed E-state index contributed by atoms with van der Waals surface area (Å²) in [5.41, 5.74) is 6.28. The zero-order chi connectivity index (χ0) is 17.3. The molecule has 0 aliphatic rings. The van der Waals surface area contributed by atoms with Gasteiger partial charge in [0.25, 0.3) is 5.91 Å². The van der Waals surface area contributed by atoms with Gasteiger partial charge in [-0.2, -0.15) is 0 Å². The smallest absolute Gasteiger partial charge is 0.286 e. The Hall–Kier alpha value is -2.93. The topological polar surface area (TPSA) is 90.1 Å². The van der Waals surface area contributed by atoms with Crippen LogP contribution in [0.4, 0.5) is 15.9 Å². The van der Waals surface area contributed by atoms with Gasteiger partial charge in [0.2, 0.25) is 5.82 Å². The van der Waals surface area contributed by atoms with Crippen LogP contribution in [-0.2, 0) is 0 Å². The molecular weight excluding hydrogens is 335 g/mol. The third-order valence-electron chi connectivity index (χ3n) is 3.31. The van der Waals surface area contributed by atoms with Crippen molar-refractivity contribution in [1.29, 1.82) is 0 Å². The van der Waals surface area contributed by atoms with Crippen molar-refractivity contribution in [3.05, 3.63) is 53.1 Å². The first-order valence-electron chi connectivity index (χ1n) is 6.85. The predicted octanol–water partition coefficient (Wildman–Crippen LogP) is 3.27. The van der Waals surface area contributed by atoms with Crippen molar-refractivity contribution in [3.63, 3.8) is 0 Å². The highest BCUT2D eigenvalue weighted by atomic mass is 35.5. The Kier molecular flexibility index (Phi) is 4.18. The number of nitrogens with zero attached hydrogens (tertiary/aromatic N) is 2. The fourth-order valence-corrected chi connectivity index (χ4v) is 2.33. The van der Waals surface area contributed by atoms with E-state index in [9.17, 15) is 9.18 Å². The molecule has 122 valence electrons. The molecule has 0 aliphatic heterocycles. The van der Waals surface area contributed by atoms with E-state index in [-0.39, 0.29) is 10.8 Å². The molecule has 1 heterocycles. The van der Waals surface area contributed by atoms with Crippen LogP contribution in [0.15, 0.2) is 36.4 Å². The summed E-state index contributed by atoms with van der Waals surface area (Å²) in [6.45, 7) is 0. The Morgan fingerprint density at radius 2 is 2.04 bits per heavy atom. The Labute approximate surface area is 141 Å². The summed E-state index contributed by atoms with van der Waals surface area (Å²) in [5.74, 6) is -0.518. The van der Waals surface area contributed by atoms with Crippen molar-refractivity contribution in [1.82, 2.24) is 9.97 Å². The Balaban J connectivity index is 2.13. The highest BCUT2D eigenvalue weighted by Gasteiger charge is 2.13. The fraction of sp³-hybridized carbons (Fsp3) is 0.0625. The van der Waals surface area contributed by atoms with Crippen LogP contribution >= 0.6 is 11.6 Å². The van der Waals surface area contributed by atoms with Gasteiger partial charge < -0.3 is 15.8 Å². The molecule has 0 atom stereocenters. The van der Waals surface area contributed by atoms with E-state index in [0.29, 0.717) is 28.2 Å². The maximum absolute atomic E-state index is 13.3. The van der Waals surface area contributed by atoms with Crippen molar-refractivity contribution in [2.45, 2.75) is 0 Å². The van der Waals surface area contributed by atoms with Crippen molar-refractivity contribution < 1.29 is 13.9 Å². The van der Waals surface area contributed by atoms with Crippen LogP contribution in [-0.4, -0.2) is 23.0 Å². The largest absolute Gasteiger partial charge is 0.497 e. The van der Waals surface area contributed by atoms with Gasteiger partial charge in [-0.3, -0.25) is 4.79 Å². The van der Waals surface area contributed by atoms with Gasteiger partial charge in [-0.05, 0) is 30.3 Å². The molecule has 0 unspecified atom stereocenters. The van der Waals surface area contributed by atoms with Gasteiger partial charge in [0, 0.05) is 17.1 Å². The number of methoxy groups -OCH3 is 1. The molecule has 8 heteroatoms. The summed E-state index contributed by atoms with van der Waals surface area (Å²) < 4.78 is 18.4. The van der Waals surface area contributed by atoms with Gasteiger partial charge in [-0.1, -0.05) is 11.6 Å². The standard InChI is InChI=1S/C16H12ClFN4O2/c1-24-9-3-4-10-13(7-9)21-16(14(19)23)22-15(10)20-8-2-5-12(18)11(17)6-8/h2-7H,1H3,(H2,19,23)(H,20,21,22). The van der Waals surface area contributed by atoms with E-state index in [4.69, 9.17) is 22.1 Å². The number of carbonyl (C=O) groups is 1. The van der Waals surface area contributed by atoms with Crippen LogP contribution in [0.1, 0.15) is 10.6 Å². The van der Waals surface area contributed by atoms with E-state index in [2.05, 4.69) is 15.3 Å². The van der Waals surface area contributed by atoms with Gasteiger partial charge in [-0.25, -0.2) is 14.4 Å². The zero-order valence-electron chi connectivity index (χ0n) is 12.5. The zero-order valence-corrected chi connectivity index (χ0v) is 13.3. The van der Waals surface area contributed by atoms with E-state index in [1.165, 1.54) is 25.3 Å².